The van der Waals surface area contributed by atoms with Crippen LogP contribution in [-0.2, 0) is 4.79 Å². The minimum atomic E-state index is -0.636. The number of carbonyl (C=O) groups excluding carboxylic acids is 1. The summed E-state index contributed by atoms with van der Waals surface area (Å²) in [5.41, 5.74) is 2.19. The highest BCUT2D eigenvalue weighted by molar-refractivity contribution is 5.85. The number of carbonyl (C=O) groups is 1. The van der Waals surface area contributed by atoms with E-state index in [2.05, 4.69) is 10.5 Å². The Kier molecular flexibility index (Phi) is 5.29. The molecule has 124 valence electrons. The van der Waals surface area contributed by atoms with Crippen LogP contribution in [0.5, 0.6) is 17.2 Å². The van der Waals surface area contributed by atoms with Gasteiger partial charge in [0, 0.05) is 17.7 Å². The lowest BCUT2D eigenvalue weighted by molar-refractivity contribution is -0.385. The van der Waals surface area contributed by atoms with Gasteiger partial charge in [-0.15, -0.1) is 0 Å². The molecule has 0 saturated carbocycles. The number of hydrazone groups is 1. The topological polar surface area (TPSA) is 134 Å². The summed E-state index contributed by atoms with van der Waals surface area (Å²) in [6.07, 6.45) is 1.18. The quantitative estimate of drug-likeness (QED) is 0.417. The molecule has 2 aromatic carbocycles. The van der Waals surface area contributed by atoms with Crippen LogP contribution in [0.4, 0.5) is 5.69 Å². The zero-order valence-electron chi connectivity index (χ0n) is 12.2. The number of hydrogen-bond acceptors (Lipinski definition) is 7. The van der Waals surface area contributed by atoms with E-state index in [9.17, 15) is 20.0 Å². The number of ether oxygens (including phenoxy) is 1. The number of nitrogens with zero attached hydrogens (tertiary/aromatic N) is 2. The molecule has 0 heterocycles. The molecule has 0 aliphatic heterocycles. The zero-order chi connectivity index (χ0) is 17.5. The van der Waals surface area contributed by atoms with Gasteiger partial charge in [0.15, 0.2) is 12.4 Å². The van der Waals surface area contributed by atoms with Crippen LogP contribution in [0.3, 0.4) is 0 Å². The summed E-state index contributed by atoms with van der Waals surface area (Å²) < 4.78 is 5.09. The van der Waals surface area contributed by atoms with Gasteiger partial charge >= 0.3 is 5.69 Å². The predicted octanol–water partition coefficient (Wildman–Crippen LogP) is 1.54. The highest BCUT2D eigenvalue weighted by Gasteiger charge is 2.14. The Bertz CT molecular complexity index is 791. The second kappa shape index (κ2) is 7.58. The zero-order valence-corrected chi connectivity index (χ0v) is 12.2. The average molecular weight is 331 g/mol. The average Bonchev–Trinajstić information content (AvgIpc) is 2.55. The lowest BCUT2D eigenvalue weighted by atomic mass is 10.2. The van der Waals surface area contributed by atoms with E-state index in [1.54, 1.807) is 6.07 Å². The van der Waals surface area contributed by atoms with Crippen molar-refractivity contribution in [3.05, 3.63) is 58.1 Å². The number of benzene rings is 2. The van der Waals surface area contributed by atoms with E-state index in [0.717, 1.165) is 6.07 Å². The number of phenolic OH excluding ortho intramolecular Hbond substituents is 2. The summed E-state index contributed by atoms with van der Waals surface area (Å²) in [5.74, 6) is -0.976. The van der Waals surface area contributed by atoms with Crippen molar-refractivity contribution in [2.24, 2.45) is 5.10 Å². The summed E-state index contributed by atoms with van der Waals surface area (Å²) in [5, 5.41) is 33.1. The molecule has 0 saturated heterocycles. The monoisotopic (exact) mass is 331 g/mol. The largest absolute Gasteiger partial charge is 0.508 e. The number of nitro benzene ring substituents is 1. The molecule has 0 atom stereocenters. The first-order valence-electron chi connectivity index (χ1n) is 6.67. The van der Waals surface area contributed by atoms with Crippen molar-refractivity contribution in [3.63, 3.8) is 0 Å². The first kappa shape index (κ1) is 16.7. The first-order valence-corrected chi connectivity index (χ1v) is 6.67. The Morgan fingerprint density at radius 2 is 2.04 bits per heavy atom. The first-order chi connectivity index (χ1) is 11.5. The van der Waals surface area contributed by atoms with Crippen LogP contribution >= 0.6 is 0 Å². The van der Waals surface area contributed by atoms with Crippen molar-refractivity contribution >= 4 is 17.8 Å². The van der Waals surface area contributed by atoms with Gasteiger partial charge in [0.05, 0.1) is 11.1 Å². The summed E-state index contributed by atoms with van der Waals surface area (Å²) in [6.45, 7) is -0.468. The molecule has 0 radical (unpaired) electrons. The fourth-order valence-corrected chi connectivity index (χ4v) is 1.72. The van der Waals surface area contributed by atoms with Crippen molar-refractivity contribution < 1.29 is 24.7 Å². The van der Waals surface area contributed by atoms with E-state index in [4.69, 9.17) is 9.84 Å². The Labute approximate surface area is 136 Å². The highest BCUT2D eigenvalue weighted by Crippen LogP contribution is 2.25. The molecule has 0 aromatic heterocycles. The number of aromatic hydroxyl groups is 2. The van der Waals surface area contributed by atoms with Crippen LogP contribution in [0, 0.1) is 10.1 Å². The van der Waals surface area contributed by atoms with Crippen molar-refractivity contribution in [3.8, 4) is 17.2 Å². The third kappa shape index (κ3) is 4.44. The van der Waals surface area contributed by atoms with Gasteiger partial charge in [0.1, 0.15) is 11.5 Å². The van der Waals surface area contributed by atoms with Crippen molar-refractivity contribution in [2.45, 2.75) is 0 Å². The van der Waals surface area contributed by atoms with Gasteiger partial charge in [-0.25, -0.2) is 5.43 Å². The summed E-state index contributed by atoms with van der Waals surface area (Å²) in [6, 6.07) is 9.55. The van der Waals surface area contributed by atoms with Crippen LogP contribution in [0.2, 0.25) is 0 Å². The molecule has 3 N–H and O–H groups in total. The lowest BCUT2D eigenvalue weighted by Gasteiger charge is -2.05. The predicted molar refractivity (Wildman–Crippen MR) is 84.1 cm³/mol. The van der Waals surface area contributed by atoms with Gasteiger partial charge < -0.3 is 14.9 Å². The molecule has 2 aromatic rings. The molecule has 9 heteroatoms. The van der Waals surface area contributed by atoms with Crippen LogP contribution in [0.1, 0.15) is 5.56 Å². The number of rotatable bonds is 6. The SMILES string of the molecule is O=C(COc1ccccc1[N+](=O)[O-])N/N=C\c1ccc(O)cc1O. The maximum absolute atomic E-state index is 11.6. The fraction of sp³-hybridized carbons (Fsp3) is 0.0667. The summed E-state index contributed by atoms with van der Waals surface area (Å²) in [4.78, 5) is 21.8. The Hall–Kier alpha value is -3.62. The molecule has 2 rings (SSSR count). The smallest absolute Gasteiger partial charge is 0.310 e. The maximum Gasteiger partial charge on any atom is 0.310 e. The van der Waals surface area contributed by atoms with E-state index in [1.165, 1.54) is 36.5 Å². The van der Waals surface area contributed by atoms with Crippen LogP contribution < -0.4 is 10.2 Å². The lowest BCUT2D eigenvalue weighted by Crippen LogP contribution is -2.24. The molecule has 0 bridgehead atoms. The molecule has 24 heavy (non-hydrogen) atoms. The van der Waals surface area contributed by atoms with Gasteiger partial charge in [-0.05, 0) is 18.2 Å². The molecule has 9 nitrogen and oxygen atoms in total. The number of hydrogen-bond donors (Lipinski definition) is 3. The number of nitro groups is 1. The molecular formula is C15H13N3O6. The van der Waals surface area contributed by atoms with Gasteiger partial charge in [0.25, 0.3) is 5.91 Å². The molecule has 0 fully saturated rings. The van der Waals surface area contributed by atoms with Crippen molar-refractivity contribution in [1.29, 1.82) is 0 Å². The normalized spacial score (nSPS) is 10.5. The van der Waals surface area contributed by atoms with Gasteiger partial charge in [-0.2, -0.15) is 5.10 Å². The van der Waals surface area contributed by atoms with E-state index < -0.39 is 17.4 Å². The minimum Gasteiger partial charge on any atom is -0.508 e. The summed E-state index contributed by atoms with van der Waals surface area (Å²) >= 11 is 0. The van der Waals surface area contributed by atoms with E-state index in [0.29, 0.717) is 0 Å². The second-order valence-electron chi connectivity index (χ2n) is 4.55. The molecule has 0 spiro atoms. The van der Waals surface area contributed by atoms with Gasteiger partial charge in [0.2, 0.25) is 0 Å². The third-order valence-electron chi connectivity index (χ3n) is 2.83. The molecular weight excluding hydrogens is 318 g/mol. The number of nitrogens with one attached hydrogen (secondary N) is 1. The maximum atomic E-state index is 11.6. The van der Waals surface area contributed by atoms with Crippen molar-refractivity contribution in [2.75, 3.05) is 6.61 Å². The number of para-hydroxylation sites is 2. The molecule has 0 aliphatic rings. The Morgan fingerprint density at radius 3 is 2.75 bits per heavy atom. The standard InChI is InChI=1S/C15H13N3O6/c19-11-6-5-10(13(20)7-11)8-16-17-15(21)9-24-14-4-2-1-3-12(14)18(22)23/h1-8,19-20H,9H2,(H,17,21)/b16-8-. The fourth-order valence-electron chi connectivity index (χ4n) is 1.72. The van der Waals surface area contributed by atoms with Gasteiger partial charge in [-0.1, -0.05) is 12.1 Å². The van der Waals surface area contributed by atoms with E-state index >= 15 is 0 Å². The highest BCUT2D eigenvalue weighted by atomic mass is 16.6. The Balaban J connectivity index is 1.90. The molecule has 1 amide bonds. The molecule has 0 aliphatic carbocycles. The van der Waals surface area contributed by atoms with Crippen LogP contribution in [0.15, 0.2) is 47.6 Å². The van der Waals surface area contributed by atoms with Crippen LogP contribution in [-0.4, -0.2) is 33.9 Å². The minimum absolute atomic E-state index is 0.0298. The third-order valence-corrected chi connectivity index (χ3v) is 2.83. The second-order valence-corrected chi connectivity index (χ2v) is 4.55. The number of amides is 1. The molecule has 0 unspecified atom stereocenters. The van der Waals surface area contributed by atoms with Crippen LogP contribution in [0.25, 0.3) is 0 Å². The Morgan fingerprint density at radius 1 is 1.29 bits per heavy atom. The van der Waals surface area contributed by atoms with E-state index in [1.807, 2.05) is 0 Å². The van der Waals surface area contributed by atoms with Crippen molar-refractivity contribution in [1.82, 2.24) is 5.43 Å². The van der Waals surface area contributed by atoms with E-state index in [-0.39, 0.29) is 28.5 Å². The number of phenols is 2. The summed E-state index contributed by atoms with van der Waals surface area (Å²) in [7, 11) is 0. The van der Waals surface area contributed by atoms with Gasteiger partial charge in [-0.3, -0.25) is 14.9 Å².